The second-order valence-corrected chi connectivity index (χ2v) is 5.50. The quantitative estimate of drug-likeness (QED) is 0.773. The Morgan fingerprint density at radius 1 is 1.53 bits per heavy atom. The molecule has 1 aromatic rings. The van der Waals surface area contributed by atoms with Crippen molar-refractivity contribution in [2.75, 3.05) is 33.9 Å². The standard InChI is InChI=1S/C13H24N2OS/c1-4-13(10-14,11-16-3)15(2)8-7-12-6-5-9-17-12/h5-6,9H,4,7-8,10-11,14H2,1-3H3. The van der Waals surface area contributed by atoms with E-state index in [1.54, 1.807) is 7.11 Å². The van der Waals surface area contributed by atoms with Crippen molar-refractivity contribution in [3.05, 3.63) is 22.4 Å². The van der Waals surface area contributed by atoms with Gasteiger partial charge in [0.1, 0.15) is 0 Å². The third-order valence-electron chi connectivity index (χ3n) is 3.53. The topological polar surface area (TPSA) is 38.5 Å². The van der Waals surface area contributed by atoms with Crippen molar-refractivity contribution in [3.8, 4) is 0 Å². The number of nitrogens with zero attached hydrogens (tertiary/aromatic N) is 1. The third-order valence-corrected chi connectivity index (χ3v) is 4.47. The predicted molar refractivity (Wildman–Crippen MR) is 74.6 cm³/mol. The van der Waals surface area contributed by atoms with Gasteiger partial charge in [-0.1, -0.05) is 13.0 Å². The molecule has 1 heterocycles. The number of likely N-dealkylation sites (N-methyl/N-ethyl adjacent to an activating group) is 1. The van der Waals surface area contributed by atoms with Crippen molar-refractivity contribution in [2.24, 2.45) is 5.73 Å². The molecule has 0 aromatic carbocycles. The van der Waals surface area contributed by atoms with Gasteiger partial charge in [-0.3, -0.25) is 4.90 Å². The average Bonchev–Trinajstić information content (AvgIpc) is 2.86. The summed E-state index contributed by atoms with van der Waals surface area (Å²) in [5.74, 6) is 0. The van der Waals surface area contributed by atoms with Crippen LogP contribution in [-0.4, -0.2) is 44.3 Å². The van der Waals surface area contributed by atoms with Crippen LogP contribution in [0.25, 0.3) is 0 Å². The number of methoxy groups -OCH3 is 1. The number of hydrogen-bond donors (Lipinski definition) is 1. The third kappa shape index (κ3) is 3.78. The van der Waals surface area contributed by atoms with Gasteiger partial charge in [0, 0.05) is 25.1 Å². The molecular weight excluding hydrogens is 232 g/mol. The summed E-state index contributed by atoms with van der Waals surface area (Å²) in [5, 5.41) is 2.13. The lowest BCUT2D eigenvalue weighted by atomic mass is 9.95. The summed E-state index contributed by atoms with van der Waals surface area (Å²) in [6, 6.07) is 4.29. The number of rotatable bonds is 8. The highest BCUT2D eigenvalue weighted by Gasteiger charge is 2.31. The molecule has 0 bridgehead atoms. The Morgan fingerprint density at radius 3 is 2.76 bits per heavy atom. The van der Waals surface area contributed by atoms with Crippen molar-refractivity contribution in [1.82, 2.24) is 4.90 Å². The zero-order valence-electron chi connectivity index (χ0n) is 11.1. The van der Waals surface area contributed by atoms with Crippen LogP contribution in [0.3, 0.4) is 0 Å². The Balaban J connectivity index is 2.55. The van der Waals surface area contributed by atoms with Crippen LogP contribution in [0.1, 0.15) is 18.2 Å². The molecule has 0 aliphatic rings. The maximum atomic E-state index is 5.94. The Hall–Kier alpha value is -0.420. The normalized spacial score (nSPS) is 15.1. The molecule has 17 heavy (non-hydrogen) atoms. The fraction of sp³-hybridized carbons (Fsp3) is 0.692. The maximum absolute atomic E-state index is 5.94. The summed E-state index contributed by atoms with van der Waals surface area (Å²) in [4.78, 5) is 3.77. The first-order chi connectivity index (χ1) is 8.18. The van der Waals surface area contributed by atoms with Crippen LogP contribution in [0.15, 0.2) is 17.5 Å². The van der Waals surface area contributed by atoms with Gasteiger partial charge in [-0.25, -0.2) is 0 Å². The Bertz CT molecular complexity index is 296. The van der Waals surface area contributed by atoms with Gasteiger partial charge in [0.25, 0.3) is 0 Å². The molecule has 4 heteroatoms. The first-order valence-corrected chi connectivity index (χ1v) is 6.99. The van der Waals surface area contributed by atoms with Crippen LogP contribution in [-0.2, 0) is 11.2 Å². The van der Waals surface area contributed by atoms with E-state index in [1.807, 2.05) is 11.3 Å². The van der Waals surface area contributed by atoms with Crippen molar-refractivity contribution in [2.45, 2.75) is 25.3 Å². The number of hydrogen-bond acceptors (Lipinski definition) is 4. The lowest BCUT2D eigenvalue weighted by Gasteiger charge is -2.40. The fourth-order valence-electron chi connectivity index (χ4n) is 2.08. The summed E-state index contributed by atoms with van der Waals surface area (Å²) in [6.07, 6.45) is 2.10. The van der Waals surface area contributed by atoms with Crippen molar-refractivity contribution < 1.29 is 4.74 Å². The molecule has 0 fully saturated rings. The van der Waals surface area contributed by atoms with E-state index in [0.29, 0.717) is 13.2 Å². The van der Waals surface area contributed by atoms with E-state index < -0.39 is 0 Å². The summed E-state index contributed by atoms with van der Waals surface area (Å²) < 4.78 is 5.33. The lowest BCUT2D eigenvalue weighted by Crippen LogP contribution is -2.55. The first-order valence-electron chi connectivity index (χ1n) is 6.11. The molecule has 0 aliphatic heterocycles. The molecule has 1 aromatic heterocycles. The van der Waals surface area contributed by atoms with Gasteiger partial charge < -0.3 is 10.5 Å². The molecule has 0 saturated heterocycles. The number of thiophene rings is 1. The molecule has 3 nitrogen and oxygen atoms in total. The van der Waals surface area contributed by atoms with Gasteiger partial charge in [0.05, 0.1) is 12.1 Å². The van der Waals surface area contributed by atoms with Gasteiger partial charge in [-0.2, -0.15) is 0 Å². The van der Waals surface area contributed by atoms with Gasteiger partial charge >= 0.3 is 0 Å². The van der Waals surface area contributed by atoms with E-state index in [4.69, 9.17) is 10.5 Å². The van der Waals surface area contributed by atoms with Gasteiger partial charge in [-0.05, 0) is 31.3 Å². The van der Waals surface area contributed by atoms with Crippen LogP contribution < -0.4 is 5.73 Å². The second kappa shape index (κ2) is 7.11. The summed E-state index contributed by atoms with van der Waals surface area (Å²) in [6.45, 7) is 4.53. The Morgan fingerprint density at radius 2 is 2.29 bits per heavy atom. The zero-order valence-corrected chi connectivity index (χ0v) is 11.9. The summed E-state index contributed by atoms with van der Waals surface area (Å²) >= 11 is 1.81. The maximum Gasteiger partial charge on any atom is 0.0658 e. The van der Waals surface area contributed by atoms with E-state index >= 15 is 0 Å². The highest BCUT2D eigenvalue weighted by atomic mass is 32.1. The number of nitrogens with two attached hydrogens (primary N) is 1. The summed E-state index contributed by atoms with van der Waals surface area (Å²) in [7, 11) is 3.89. The molecule has 0 radical (unpaired) electrons. The van der Waals surface area contributed by atoms with Crippen molar-refractivity contribution in [3.63, 3.8) is 0 Å². The largest absolute Gasteiger partial charge is 0.383 e. The molecule has 1 rings (SSSR count). The molecule has 0 amide bonds. The molecule has 0 saturated carbocycles. The van der Waals surface area contributed by atoms with Crippen LogP contribution >= 0.6 is 11.3 Å². The fourth-order valence-corrected chi connectivity index (χ4v) is 2.78. The zero-order chi connectivity index (χ0) is 12.7. The predicted octanol–water partition coefficient (Wildman–Crippen LogP) is 1.98. The molecule has 2 N–H and O–H groups in total. The summed E-state index contributed by atoms with van der Waals surface area (Å²) in [5.41, 5.74) is 5.91. The lowest BCUT2D eigenvalue weighted by molar-refractivity contribution is 0.0288. The van der Waals surface area contributed by atoms with Gasteiger partial charge in [-0.15, -0.1) is 11.3 Å². The number of ether oxygens (including phenoxy) is 1. The molecule has 1 atom stereocenters. The van der Waals surface area contributed by atoms with E-state index in [-0.39, 0.29) is 5.54 Å². The van der Waals surface area contributed by atoms with Crippen LogP contribution in [0, 0.1) is 0 Å². The van der Waals surface area contributed by atoms with E-state index in [0.717, 1.165) is 19.4 Å². The highest BCUT2D eigenvalue weighted by Crippen LogP contribution is 2.19. The van der Waals surface area contributed by atoms with Crippen LogP contribution in [0.5, 0.6) is 0 Å². The Labute approximate surface area is 109 Å². The smallest absolute Gasteiger partial charge is 0.0658 e. The highest BCUT2D eigenvalue weighted by molar-refractivity contribution is 7.09. The first kappa shape index (κ1) is 14.6. The van der Waals surface area contributed by atoms with E-state index in [9.17, 15) is 0 Å². The van der Waals surface area contributed by atoms with Gasteiger partial charge in [0.2, 0.25) is 0 Å². The van der Waals surface area contributed by atoms with Crippen LogP contribution in [0.4, 0.5) is 0 Å². The molecule has 0 spiro atoms. The monoisotopic (exact) mass is 256 g/mol. The molecule has 0 aliphatic carbocycles. The minimum atomic E-state index is -0.0218. The van der Waals surface area contributed by atoms with Crippen molar-refractivity contribution >= 4 is 11.3 Å². The van der Waals surface area contributed by atoms with Crippen LogP contribution in [0.2, 0.25) is 0 Å². The van der Waals surface area contributed by atoms with E-state index in [2.05, 4.69) is 36.4 Å². The van der Waals surface area contributed by atoms with E-state index in [1.165, 1.54) is 4.88 Å². The minimum absolute atomic E-state index is 0.0218. The minimum Gasteiger partial charge on any atom is -0.383 e. The van der Waals surface area contributed by atoms with Gasteiger partial charge in [0.15, 0.2) is 0 Å². The molecule has 1 unspecified atom stereocenters. The van der Waals surface area contributed by atoms with Crippen molar-refractivity contribution in [1.29, 1.82) is 0 Å². The average molecular weight is 256 g/mol. The molecule has 98 valence electrons. The molecular formula is C13H24N2OS. The SMILES string of the molecule is CCC(CN)(COC)N(C)CCc1cccs1. The second-order valence-electron chi connectivity index (χ2n) is 4.47. The Kier molecular flexibility index (Phi) is 6.12.